The van der Waals surface area contributed by atoms with Crippen LogP contribution in [0.2, 0.25) is 0 Å². The number of aryl methyl sites for hydroxylation is 1. The average Bonchev–Trinajstić information content (AvgIpc) is 3.39. The fourth-order valence-electron chi connectivity index (χ4n) is 7.95. The Hall–Kier alpha value is -3.11. The second kappa shape index (κ2) is 10.1. The maximum atomic E-state index is 14.1. The molecule has 1 aromatic rings. The zero-order chi connectivity index (χ0) is 29.3. The van der Waals surface area contributed by atoms with E-state index in [1.54, 1.807) is 14.1 Å². The summed E-state index contributed by atoms with van der Waals surface area (Å²) in [5.74, 6) is -9.52. The number of nitrogens with zero attached hydrogens (tertiary/aromatic N) is 2. The molecule has 0 spiro atoms. The van der Waals surface area contributed by atoms with E-state index in [4.69, 9.17) is 5.73 Å². The predicted octanol–water partition coefficient (Wildman–Crippen LogP) is 1.06. The van der Waals surface area contributed by atoms with Gasteiger partial charge in [-0.1, -0.05) is 25.7 Å². The van der Waals surface area contributed by atoms with Crippen molar-refractivity contribution < 1.29 is 34.2 Å². The lowest BCUT2D eigenvalue weighted by molar-refractivity contribution is -0.181. The molecule has 3 fully saturated rings. The van der Waals surface area contributed by atoms with E-state index < -0.39 is 64.4 Å². The van der Waals surface area contributed by atoms with E-state index in [1.165, 1.54) is 17.7 Å². The molecule has 4 unspecified atom stereocenters. The Balaban J connectivity index is 1.59. The summed E-state index contributed by atoms with van der Waals surface area (Å²) in [5, 5.41) is 23.1. The van der Waals surface area contributed by atoms with Gasteiger partial charge < -0.3 is 20.8 Å². The van der Waals surface area contributed by atoms with Crippen LogP contribution in [0.4, 0.5) is 5.69 Å². The van der Waals surface area contributed by atoms with Crippen LogP contribution in [0.3, 0.4) is 0 Å². The van der Waals surface area contributed by atoms with Crippen molar-refractivity contribution in [1.29, 1.82) is 0 Å². The molecule has 4 aliphatic carbocycles. The first kappa shape index (κ1) is 28.4. The topological polar surface area (TPSA) is 158 Å². The van der Waals surface area contributed by atoms with Gasteiger partial charge in [0.2, 0.25) is 5.91 Å². The first-order valence-corrected chi connectivity index (χ1v) is 14.2. The van der Waals surface area contributed by atoms with Gasteiger partial charge in [-0.25, -0.2) is 0 Å². The molecule has 1 amide bonds. The summed E-state index contributed by atoms with van der Waals surface area (Å²) in [6.45, 7) is 0. The van der Waals surface area contributed by atoms with E-state index in [1.807, 2.05) is 25.1 Å². The van der Waals surface area contributed by atoms with Gasteiger partial charge in [0, 0.05) is 25.7 Å². The zero-order valence-electron chi connectivity index (χ0n) is 23.6. The minimum atomic E-state index is -2.71. The highest BCUT2D eigenvalue weighted by Crippen LogP contribution is 2.52. The van der Waals surface area contributed by atoms with Crippen LogP contribution in [-0.2, 0) is 32.0 Å². The van der Waals surface area contributed by atoms with Crippen LogP contribution in [0.15, 0.2) is 6.07 Å². The number of Topliss-reactive ketones (excluding diaryl/α,β-unsaturated/α-hetero) is 4. The van der Waals surface area contributed by atoms with Crippen molar-refractivity contribution in [2.45, 2.75) is 63.0 Å². The van der Waals surface area contributed by atoms with Gasteiger partial charge in [-0.05, 0) is 68.8 Å². The average molecular weight is 554 g/mol. The largest absolute Gasteiger partial charge is 0.507 e. The Morgan fingerprint density at radius 1 is 1.07 bits per heavy atom. The molecule has 3 saturated carbocycles. The molecule has 10 heteroatoms. The van der Waals surface area contributed by atoms with Crippen LogP contribution in [0, 0.1) is 29.6 Å². The molecule has 216 valence electrons. The SMILES string of the molecule is CN(C)c1cc(CCC2CCCC2)c(O)c2c1CC1CC3[C@H](N(C)C)C(=O)C(C(N)=O)C(=O)[C@@]3(O)C(=O)C1C2=O. The monoisotopic (exact) mass is 553 g/mol. The summed E-state index contributed by atoms with van der Waals surface area (Å²) in [5.41, 5.74) is 4.79. The fourth-order valence-corrected chi connectivity index (χ4v) is 7.95. The van der Waals surface area contributed by atoms with Gasteiger partial charge in [0.15, 0.2) is 34.7 Å². The number of carbonyl (C=O) groups is 5. The molecule has 5 rings (SSSR count). The third kappa shape index (κ3) is 4.10. The molecule has 0 saturated heterocycles. The second-order valence-electron chi connectivity index (χ2n) is 12.6. The summed E-state index contributed by atoms with van der Waals surface area (Å²) in [6, 6.07) is 0.812. The Bertz CT molecular complexity index is 1300. The molecular weight excluding hydrogens is 514 g/mol. The number of rotatable bonds is 6. The number of hydrogen-bond acceptors (Lipinski definition) is 9. The number of ketones is 4. The maximum Gasteiger partial charge on any atom is 0.235 e. The van der Waals surface area contributed by atoms with Gasteiger partial charge in [0.25, 0.3) is 0 Å². The highest BCUT2D eigenvalue weighted by Gasteiger charge is 2.69. The standard InChI is InChI=1S/C30H39N3O7/c1-32(2)19-13-15(10-9-14-7-5-6-8-14)24(34)21-17(19)11-16-12-18-23(33(3)4)26(36)22(29(31)39)28(38)30(18,40)27(37)20(16)25(21)35/h13-14,16,18,20,22-23,34,40H,5-12H2,1-4H3,(H2,31,39)/t16?,18?,20?,22?,23-,30-/m0/s1. The Kier molecular flexibility index (Phi) is 7.15. The molecule has 4 aliphatic rings. The zero-order valence-corrected chi connectivity index (χ0v) is 23.6. The number of likely N-dealkylation sites (N-methyl/N-ethyl adjacent to an activating group) is 1. The molecule has 40 heavy (non-hydrogen) atoms. The molecule has 0 aromatic heterocycles. The van der Waals surface area contributed by atoms with E-state index in [9.17, 15) is 34.2 Å². The highest BCUT2D eigenvalue weighted by molar-refractivity contribution is 6.32. The number of aromatic hydroxyl groups is 1. The lowest BCUT2D eigenvalue weighted by Gasteiger charge is -2.52. The van der Waals surface area contributed by atoms with Crippen LogP contribution >= 0.6 is 0 Å². The minimum Gasteiger partial charge on any atom is -0.507 e. The lowest BCUT2D eigenvalue weighted by Crippen LogP contribution is -2.74. The summed E-state index contributed by atoms with van der Waals surface area (Å²) in [4.78, 5) is 70.3. The van der Waals surface area contributed by atoms with Crippen LogP contribution in [0.1, 0.15) is 60.0 Å². The normalized spacial score (nSPS) is 32.2. The Morgan fingerprint density at radius 3 is 2.30 bits per heavy atom. The van der Waals surface area contributed by atoms with Crippen molar-refractivity contribution in [2.75, 3.05) is 33.1 Å². The van der Waals surface area contributed by atoms with Gasteiger partial charge in [0.05, 0.1) is 17.5 Å². The van der Waals surface area contributed by atoms with Gasteiger partial charge in [0.1, 0.15) is 5.75 Å². The van der Waals surface area contributed by atoms with E-state index in [-0.39, 0.29) is 24.2 Å². The number of phenolic OH excluding ortho intramolecular Hbond substituents is 1. The van der Waals surface area contributed by atoms with Crippen LogP contribution < -0.4 is 10.6 Å². The van der Waals surface area contributed by atoms with Crippen LogP contribution in [-0.4, -0.2) is 84.0 Å². The minimum absolute atomic E-state index is 0.0426. The predicted molar refractivity (Wildman–Crippen MR) is 146 cm³/mol. The van der Waals surface area contributed by atoms with E-state index in [0.29, 0.717) is 23.5 Å². The van der Waals surface area contributed by atoms with Crippen molar-refractivity contribution in [3.8, 4) is 5.75 Å². The molecule has 0 aliphatic heterocycles. The maximum absolute atomic E-state index is 14.1. The molecule has 4 N–H and O–H groups in total. The first-order valence-electron chi connectivity index (χ1n) is 14.2. The van der Waals surface area contributed by atoms with Crippen LogP contribution in [0.25, 0.3) is 0 Å². The first-order chi connectivity index (χ1) is 18.8. The Labute approximate surface area is 233 Å². The lowest BCUT2D eigenvalue weighted by atomic mass is 9.52. The number of nitrogens with two attached hydrogens (primary N) is 1. The third-order valence-corrected chi connectivity index (χ3v) is 9.90. The molecule has 0 heterocycles. The van der Waals surface area contributed by atoms with Crippen LogP contribution in [0.5, 0.6) is 5.75 Å². The number of phenols is 1. The number of aliphatic hydroxyl groups is 1. The fraction of sp³-hybridized carbons (Fsp3) is 0.633. The van der Waals surface area contributed by atoms with E-state index in [2.05, 4.69) is 0 Å². The quantitative estimate of drug-likeness (QED) is 0.438. The Morgan fingerprint density at radius 2 is 1.73 bits per heavy atom. The molecule has 1 aromatic carbocycles. The van der Waals surface area contributed by atoms with Crippen molar-refractivity contribution in [3.05, 3.63) is 22.8 Å². The van der Waals surface area contributed by atoms with Gasteiger partial charge >= 0.3 is 0 Å². The summed E-state index contributed by atoms with van der Waals surface area (Å²) >= 11 is 0. The van der Waals surface area contributed by atoms with E-state index in [0.717, 1.165) is 24.9 Å². The molecule has 10 nitrogen and oxygen atoms in total. The number of hydrogen-bond donors (Lipinski definition) is 3. The third-order valence-electron chi connectivity index (χ3n) is 9.90. The number of primary amides is 1. The smallest absolute Gasteiger partial charge is 0.235 e. The van der Waals surface area contributed by atoms with Crippen molar-refractivity contribution in [2.24, 2.45) is 35.3 Å². The number of anilines is 1. The summed E-state index contributed by atoms with van der Waals surface area (Å²) in [6.07, 6.45) is 6.50. The molecule has 0 bridgehead atoms. The molecule has 6 atom stereocenters. The number of amides is 1. The highest BCUT2D eigenvalue weighted by atomic mass is 16.3. The van der Waals surface area contributed by atoms with E-state index >= 15 is 0 Å². The van der Waals surface area contributed by atoms with Gasteiger partial charge in [-0.2, -0.15) is 0 Å². The van der Waals surface area contributed by atoms with Gasteiger partial charge in [-0.15, -0.1) is 0 Å². The van der Waals surface area contributed by atoms with Gasteiger partial charge in [-0.3, -0.25) is 28.9 Å². The molecule has 0 radical (unpaired) electrons. The number of fused-ring (bicyclic) bond motifs is 3. The summed E-state index contributed by atoms with van der Waals surface area (Å²) in [7, 11) is 6.87. The van der Waals surface area contributed by atoms with Crippen molar-refractivity contribution >= 4 is 34.7 Å². The number of carbonyl (C=O) groups excluding carboxylic acids is 5. The van der Waals surface area contributed by atoms with Crippen molar-refractivity contribution in [3.63, 3.8) is 0 Å². The molecular formula is C30H39N3O7. The number of benzene rings is 1. The summed E-state index contributed by atoms with van der Waals surface area (Å²) < 4.78 is 0. The van der Waals surface area contributed by atoms with Crippen molar-refractivity contribution in [1.82, 2.24) is 4.90 Å². The second-order valence-corrected chi connectivity index (χ2v) is 12.6.